The van der Waals surface area contributed by atoms with E-state index in [2.05, 4.69) is 28.7 Å². The standard InChI is InChI=1S/C15H25N3O/c1-3-15(19)6-4-5-12-7-18(8-13(12)15)9-14-11(2)16-10-17-14/h10,12-13,19H,3-9H2,1-2H3,(H,16,17)/t12-,13+,15-/m1/s1. The summed E-state index contributed by atoms with van der Waals surface area (Å²) in [6.07, 6.45) is 6.11. The maximum Gasteiger partial charge on any atom is 0.0925 e. The Kier molecular flexibility index (Phi) is 3.39. The molecule has 0 unspecified atom stereocenters. The third-order valence-electron chi connectivity index (χ3n) is 5.31. The molecule has 2 aliphatic rings. The summed E-state index contributed by atoms with van der Waals surface area (Å²) in [5, 5.41) is 10.8. The summed E-state index contributed by atoms with van der Waals surface area (Å²) in [6, 6.07) is 0. The fourth-order valence-electron chi connectivity index (χ4n) is 4.04. The molecule has 0 spiro atoms. The van der Waals surface area contributed by atoms with Gasteiger partial charge >= 0.3 is 0 Å². The molecule has 1 aliphatic heterocycles. The lowest BCUT2D eigenvalue weighted by Gasteiger charge is -2.40. The first-order valence-electron chi connectivity index (χ1n) is 7.56. The van der Waals surface area contributed by atoms with Crippen LogP contribution in [-0.2, 0) is 6.54 Å². The molecule has 0 bridgehead atoms. The molecule has 1 aliphatic carbocycles. The quantitative estimate of drug-likeness (QED) is 0.878. The number of aromatic nitrogens is 2. The van der Waals surface area contributed by atoms with Crippen molar-refractivity contribution in [1.82, 2.24) is 14.9 Å². The van der Waals surface area contributed by atoms with Gasteiger partial charge in [0.25, 0.3) is 0 Å². The van der Waals surface area contributed by atoms with Gasteiger partial charge in [-0.25, -0.2) is 4.98 Å². The van der Waals surface area contributed by atoms with Crippen LogP contribution in [0, 0.1) is 18.8 Å². The number of nitrogens with one attached hydrogen (secondary N) is 1. The van der Waals surface area contributed by atoms with Crippen molar-refractivity contribution in [2.45, 2.75) is 51.7 Å². The van der Waals surface area contributed by atoms with Crippen LogP contribution in [0.15, 0.2) is 6.33 Å². The van der Waals surface area contributed by atoms with Crippen LogP contribution in [0.1, 0.15) is 44.0 Å². The Balaban J connectivity index is 1.70. The Morgan fingerprint density at radius 3 is 3.05 bits per heavy atom. The smallest absolute Gasteiger partial charge is 0.0925 e. The summed E-state index contributed by atoms with van der Waals surface area (Å²) >= 11 is 0. The van der Waals surface area contributed by atoms with Crippen molar-refractivity contribution in [1.29, 1.82) is 0 Å². The lowest BCUT2D eigenvalue weighted by atomic mass is 9.69. The highest BCUT2D eigenvalue weighted by Gasteiger charge is 2.47. The zero-order chi connectivity index (χ0) is 13.5. The first kappa shape index (κ1) is 13.1. The van der Waals surface area contributed by atoms with E-state index in [0.29, 0.717) is 11.8 Å². The maximum atomic E-state index is 10.8. The largest absolute Gasteiger partial charge is 0.390 e. The van der Waals surface area contributed by atoms with Crippen LogP contribution >= 0.6 is 0 Å². The van der Waals surface area contributed by atoms with Gasteiger partial charge in [-0.15, -0.1) is 0 Å². The Labute approximate surface area is 115 Å². The highest BCUT2D eigenvalue weighted by Crippen LogP contribution is 2.44. The highest BCUT2D eigenvalue weighted by molar-refractivity contribution is 5.09. The van der Waals surface area contributed by atoms with Crippen LogP contribution in [-0.4, -0.2) is 38.7 Å². The molecule has 1 aromatic heterocycles. The van der Waals surface area contributed by atoms with E-state index < -0.39 is 5.60 Å². The molecule has 3 rings (SSSR count). The molecule has 0 radical (unpaired) electrons. The average molecular weight is 263 g/mol. The van der Waals surface area contributed by atoms with Crippen LogP contribution in [0.4, 0.5) is 0 Å². The number of fused-ring (bicyclic) bond motifs is 1. The molecule has 3 atom stereocenters. The van der Waals surface area contributed by atoms with E-state index in [-0.39, 0.29) is 0 Å². The molecular weight excluding hydrogens is 238 g/mol. The molecule has 1 saturated carbocycles. The van der Waals surface area contributed by atoms with Crippen molar-refractivity contribution in [3.8, 4) is 0 Å². The minimum Gasteiger partial charge on any atom is -0.390 e. The number of nitrogens with zero attached hydrogens (tertiary/aromatic N) is 2. The number of aryl methyl sites for hydroxylation is 1. The number of hydrogen-bond acceptors (Lipinski definition) is 3. The Hall–Kier alpha value is -0.870. The van der Waals surface area contributed by atoms with E-state index in [1.54, 1.807) is 6.33 Å². The first-order valence-corrected chi connectivity index (χ1v) is 7.56. The Bertz CT molecular complexity index is 444. The van der Waals surface area contributed by atoms with Crippen molar-refractivity contribution < 1.29 is 5.11 Å². The zero-order valence-corrected chi connectivity index (χ0v) is 12.0. The van der Waals surface area contributed by atoms with Crippen molar-refractivity contribution in [3.05, 3.63) is 17.7 Å². The molecular formula is C15H25N3O. The second kappa shape index (κ2) is 4.91. The van der Waals surface area contributed by atoms with E-state index in [1.807, 2.05) is 0 Å². The van der Waals surface area contributed by atoms with Crippen LogP contribution in [0.25, 0.3) is 0 Å². The van der Waals surface area contributed by atoms with Crippen LogP contribution in [0.5, 0.6) is 0 Å². The van der Waals surface area contributed by atoms with Crippen molar-refractivity contribution in [2.24, 2.45) is 11.8 Å². The van der Waals surface area contributed by atoms with Gasteiger partial charge in [-0.3, -0.25) is 4.90 Å². The second-order valence-corrected chi connectivity index (χ2v) is 6.38. The number of hydrogen-bond donors (Lipinski definition) is 2. The van der Waals surface area contributed by atoms with Gasteiger partial charge in [-0.1, -0.05) is 13.3 Å². The van der Waals surface area contributed by atoms with Crippen LogP contribution in [0.2, 0.25) is 0 Å². The summed E-state index contributed by atoms with van der Waals surface area (Å²) in [7, 11) is 0. The highest BCUT2D eigenvalue weighted by atomic mass is 16.3. The normalized spacial score (nSPS) is 35.5. The van der Waals surface area contributed by atoms with E-state index in [9.17, 15) is 5.11 Å². The predicted molar refractivity (Wildman–Crippen MR) is 74.7 cm³/mol. The lowest BCUT2D eigenvalue weighted by molar-refractivity contribution is -0.0613. The number of likely N-dealkylation sites (tertiary alicyclic amines) is 1. The van der Waals surface area contributed by atoms with Crippen molar-refractivity contribution in [2.75, 3.05) is 13.1 Å². The number of H-pyrrole nitrogens is 1. The average Bonchev–Trinajstić information content (AvgIpc) is 2.98. The number of aliphatic hydroxyl groups is 1. The van der Waals surface area contributed by atoms with E-state index in [4.69, 9.17) is 0 Å². The molecule has 2 N–H and O–H groups in total. The molecule has 106 valence electrons. The first-order chi connectivity index (χ1) is 9.12. The van der Waals surface area contributed by atoms with Gasteiger partial charge in [0.2, 0.25) is 0 Å². The van der Waals surface area contributed by atoms with E-state index >= 15 is 0 Å². The fraction of sp³-hybridized carbons (Fsp3) is 0.800. The number of rotatable bonds is 3. The topological polar surface area (TPSA) is 52.1 Å². The number of aromatic amines is 1. The molecule has 0 amide bonds. The minimum absolute atomic E-state index is 0.418. The van der Waals surface area contributed by atoms with Gasteiger partial charge in [0, 0.05) is 31.2 Å². The van der Waals surface area contributed by atoms with Crippen LogP contribution in [0.3, 0.4) is 0 Å². The maximum absolute atomic E-state index is 10.8. The lowest BCUT2D eigenvalue weighted by Crippen LogP contribution is -2.44. The van der Waals surface area contributed by atoms with Gasteiger partial charge in [-0.05, 0) is 32.1 Å². The monoisotopic (exact) mass is 263 g/mol. The van der Waals surface area contributed by atoms with Gasteiger partial charge < -0.3 is 10.1 Å². The van der Waals surface area contributed by atoms with Gasteiger partial charge in [-0.2, -0.15) is 0 Å². The SMILES string of the molecule is CC[C@@]1(O)CCC[C@@H]2CN(Cc3nc[nH]c3C)C[C@@H]21. The van der Waals surface area contributed by atoms with E-state index in [1.165, 1.54) is 18.5 Å². The fourth-order valence-corrected chi connectivity index (χ4v) is 4.04. The molecule has 19 heavy (non-hydrogen) atoms. The summed E-state index contributed by atoms with van der Waals surface area (Å²) in [5.41, 5.74) is 1.90. The Morgan fingerprint density at radius 2 is 2.37 bits per heavy atom. The van der Waals surface area contributed by atoms with Gasteiger partial charge in [0.1, 0.15) is 0 Å². The van der Waals surface area contributed by atoms with Crippen LogP contribution < -0.4 is 0 Å². The van der Waals surface area contributed by atoms with Crippen molar-refractivity contribution >= 4 is 0 Å². The number of imidazole rings is 1. The zero-order valence-electron chi connectivity index (χ0n) is 12.0. The van der Waals surface area contributed by atoms with Gasteiger partial charge in [0.15, 0.2) is 0 Å². The van der Waals surface area contributed by atoms with Crippen molar-refractivity contribution in [3.63, 3.8) is 0 Å². The second-order valence-electron chi connectivity index (χ2n) is 6.38. The molecule has 1 aromatic rings. The summed E-state index contributed by atoms with van der Waals surface area (Å²) < 4.78 is 0. The third-order valence-corrected chi connectivity index (χ3v) is 5.31. The van der Waals surface area contributed by atoms with Gasteiger partial charge in [0.05, 0.1) is 17.6 Å². The molecule has 4 heteroatoms. The summed E-state index contributed by atoms with van der Waals surface area (Å²) in [6.45, 7) is 7.28. The minimum atomic E-state index is -0.418. The molecule has 4 nitrogen and oxygen atoms in total. The Morgan fingerprint density at radius 1 is 1.53 bits per heavy atom. The summed E-state index contributed by atoms with van der Waals surface area (Å²) in [4.78, 5) is 10.0. The molecule has 2 heterocycles. The molecule has 1 saturated heterocycles. The summed E-state index contributed by atoms with van der Waals surface area (Å²) in [5.74, 6) is 1.14. The molecule has 2 fully saturated rings. The third kappa shape index (κ3) is 2.32. The predicted octanol–water partition coefficient (Wildman–Crippen LogP) is 2.09. The molecule has 0 aromatic carbocycles. The van der Waals surface area contributed by atoms with E-state index in [0.717, 1.165) is 38.2 Å².